The van der Waals surface area contributed by atoms with Crippen molar-refractivity contribution in [3.05, 3.63) is 29.8 Å². The molecular weight excluding hydrogens is 272 g/mol. The van der Waals surface area contributed by atoms with Crippen LogP contribution in [0.15, 0.2) is 29.2 Å². The molecule has 0 radical (unpaired) electrons. The van der Waals surface area contributed by atoms with Gasteiger partial charge in [0.2, 0.25) is 15.9 Å². The number of thiol groups is 1. The molecule has 0 unspecified atom stereocenters. The van der Waals surface area contributed by atoms with Crippen LogP contribution in [-0.4, -0.2) is 26.6 Å². The average molecular weight is 288 g/mol. The third-order valence-electron chi connectivity index (χ3n) is 2.33. The minimum atomic E-state index is -3.64. The molecule has 100 valence electrons. The molecule has 7 heteroatoms. The lowest BCUT2D eigenvalue weighted by Crippen LogP contribution is -2.25. The lowest BCUT2D eigenvalue weighted by Gasteiger charge is -2.05. The van der Waals surface area contributed by atoms with E-state index in [1.54, 1.807) is 12.1 Å². The molecule has 0 saturated heterocycles. The van der Waals surface area contributed by atoms with E-state index in [1.165, 1.54) is 12.1 Å². The molecule has 18 heavy (non-hydrogen) atoms. The summed E-state index contributed by atoms with van der Waals surface area (Å²) in [6.45, 7) is 0.515. The van der Waals surface area contributed by atoms with E-state index in [4.69, 9.17) is 5.14 Å². The maximum absolute atomic E-state index is 11.2. The Morgan fingerprint density at radius 1 is 1.28 bits per heavy atom. The van der Waals surface area contributed by atoms with Crippen molar-refractivity contribution in [2.75, 3.05) is 12.3 Å². The Kier molecular flexibility index (Phi) is 5.64. The fourth-order valence-electron chi connectivity index (χ4n) is 1.38. The number of carbonyl (C=O) groups excluding carboxylic acids is 1. The van der Waals surface area contributed by atoms with Crippen molar-refractivity contribution in [1.82, 2.24) is 5.32 Å². The number of benzene rings is 1. The standard InChI is InChI=1S/C11H16N2O3S2/c12-18(15,16)10-3-1-9(2-4-10)5-7-13-11(14)6-8-17/h1-4,17H,5-8H2,(H,13,14)(H2,12,15,16). The Balaban J connectivity index is 2.47. The van der Waals surface area contributed by atoms with Gasteiger partial charge in [0.1, 0.15) is 0 Å². The minimum absolute atomic E-state index is 0.0360. The second-order valence-electron chi connectivity index (χ2n) is 3.76. The van der Waals surface area contributed by atoms with Gasteiger partial charge >= 0.3 is 0 Å². The fraction of sp³-hybridized carbons (Fsp3) is 0.364. The molecule has 3 N–H and O–H groups in total. The number of hydrogen-bond donors (Lipinski definition) is 3. The van der Waals surface area contributed by atoms with Crippen molar-refractivity contribution in [3.8, 4) is 0 Å². The van der Waals surface area contributed by atoms with Gasteiger partial charge in [-0.25, -0.2) is 13.6 Å². The van der Waals surface area contributed by atoms with Gasteiger partial charge in [0.15, 0.2) is 0 Å². The van der Waals surface area contributed by atoms with Crippen LogP contribution in [0.25, 0.3) is 0 Å². The molecule has 0 heterocycles. The lowest BCUT2D eigenvalue weighted by atomic mass is 10.1. The zero-order valence-corrected chi connectivity index (χ0v) is 11.5. The van der Waals surface area contributed by atoms with Crippen LogP contribution < -0.4 is 10.5 Å². The molecule has 0 fully saturated rings. The second-order valence-corrected chi connectivity index (χ2v) is 5.77. The molecule has 0 aliphatic carbocycles. The van der Waals surface area contributed by atoms with Gasteiger partial charge in [-0.1, -0.05) is 12.1 Å². The quantitative estimate of drug-likeness (QED) is 0.658. The highest BCUT2D eigenvalue weighted by Crippen LogP contribution is 2.08. The average Bonchev–Trinajstić information content (AvgIpc) is 2.29. The third-order valence-corrected chi connectivity index (χ3v) is 3.48. The molecule has 5 nitrogen and oxygen atoms in total. The molecule has 0 saturated carbocycles. The van der Waals surface area contributed by atoms with Crippen LogP contribution in [0.3, 0.4) is 0 Å². The van der Waals surface area contributed by atoms with Crippen LogP contribution in [-0.2, 0) is 21.2 Å². The van der Waals surface area contributed by atoms with Crippen molar-refractivity contribution >= 4 is 28.6 Å². The summed E-state index contributed by atoms with van der Waals surface area (Å²) in [6.07, 6.45) is 1.04. The topological polar surface area (TPSA) is 89.3 Å². The van der Waals surface area contributed by atoms with Crippen molar-refractivity contribution in [1.29, 1.82) is 0 Å². The Morgan fingerprint density at radius 3 is 2.39 bits per heavy atom. The number of hydrogen-bond acceptors (Lipinski definition) is 4. The van der Waals surface area contributed by atoms with E-state index >= 15 is 0 Å². The number of sulfonamides is 1. The van der Waals surface area contributed by atoms with Gasteiger partial charge < -0.3 is 5.32 Å². The second kappa shape index (κ2) is 6.77. The highest BCUT2D eigenvalue weighted by Gasteiger charge is 2.06. The molecule has 0 aromatic heterocycles. The van der Waals surface area contributed by atoms with E-state index in [0.29, 0.717) is 25.1 Å². The molecule has 0 bridgehead atoms. The summed E-state index contributed by atoms with van der Waals surface area (Å²) >= 11 is 3.96. The Bertz CT molecular complexity index is 498. The monoisotopic (exact) mass is 288 g/mol. The molecule has 0 spiro atoms. The van der Waals surface area contributed by atoms with Gasteiger partial charge in [-0.3, -0.25) is 4.79 Å². The van der Waals surface area contributed by atoms with Crippen molar-refractivity contribution in [2.24, 2.45) is 5.14 Å². The molecule has 1 amide bonds. The van der Waals surface area contributed by atoms with Gasteiger partial charge in [0, 0.05) is 13.0 Å². The van der Waals surface area contributed by atoms with Crippen LogP contribution in [0.5, 0.6) is 0 Å². The van der Waals surface area contributed by atoms with Crippen LogP contribution in [0.1, 0.15) is 12.0 Å². The Morgan fingerprint density at radius 2 is 1.89 bits per heavy atom. The number of nitrogens with one attached hydrogen (secondary N) is 1. The largest absolute Gasteiger partial charge is 0.356 e. The normalized spacial score (nSPS) is 11.2. The molecule has 0 aliphatic rings. The van der Waals surface area contributed by atoms with Gasteiger partial charge in [-0.2, -0.15) is 12.6 Å². The SMILES string of the molecule is NS(=O)(=O)c1ccc(CCNC(=O)CCS)cc1. The summed E-state index contributed by atoms with van der Waals surface area (Å²) in [6, 6.07) is 6.29. The molecule has 0 aliphatic heterocycles. The fourth-order valence-corrected chi connectivity index (χ4v) is 2.10. The number of rotatable bonds is 6. The lowest BCUT2D eigenvalue weighted by molar-refractivity contribution is -0.120. The zero-order chi connectivity index (χ0) is 13.6. The maximum atomic E-state index is 11.2. The third kappa shape index (κ3) is 5.07. The summed E-state index contributed by atoms with van der Waals surface area (Å²) in [5, 5.41) is 7.73. The van der Waals surface area contributed by atoms with Crippen molar-refractivity contribution < 1.29 is 13.2 Å². The smallest absolute Gasteiger partial charge is 0.238 e. The summed E-state index contributed by atoms with van der Waals surface area (Å²) < 4.78 is 22.1. The van der Waals surface area contributed by atoms with E-state index in [1.807, 2.05) is 0 Å². The predicted octanol–water partition coefficient (Wildman–Crippen LogP) is 0.313. The van der Waals surface area contributed by atoms with Gasteiger partial charge in [-0.05, 0) is 29.9 Å². The van der Waals surface area contributed by atoms with Crippen LogP contribution >= 0.6 is 12.6 Å². The van der Waals surface area contributed by atoms with E-state index in [0.717, 1.165) is 5.56 Å². The first-order valence-corrected chi connectivity index (χ1v) is 7.60. The Hall–Kier alpha value is -1.05. The summed E-state index contributed by atoms with van der Waals surface area (Å²) in [5.41, 5.74) is 0.938. The Labute approximate surface area is 112 Å². The number of carbonyl (C=O) groups is 1. The first kappa shape index (κ1) is 15.0. The van der Waals surface area contributed by atoms with Gasteiger partial charge in [-0.15, -0.1) is 0 Å². The molecule has 1 aromatic rings. The summed E-state index contributed by atoms with van der Waals surface area (Å²) in [4.78, 5) is 11.3. The molecule has 1 aromatic carbocycles. The first-order chi connectivity index (χ1) is 8.43. The van der Waals surface area contributed by atoms with Crippen LogP contribution in [0.2, 0.25) is 0 Å². The van der Waals surface area contributed by atoms with E-state index in [-0.39, 0.29) is 10.8 Å². The highest BCUT2D eigenvalue weighted by atomic mass is 32.2. The highest BCUT2D eigenvalue weighted by molar-refractivity contribution is 7.89. The number of nitrogens with two attached hydrogens (primary N) is 1. The van der Waals surface area contributed by atoms with Crippen molar-refractivity contribution in [2.45, 2.75) is 17.7 Å². The van der Waals surface area contributed by atoms with Crippen molar-refractivity contribution in [3.63, 3.8) is 0 Å². The summed E-state index contributed by atoms with van der Waals surface area (Å²) in [7, 11) is -3.64. The van der Waals surface area contributed by atoms with E-state index < -0.39 is 10.0 Å². The predicted molar refractivity (Wildman–Crippen MR) is 73.0 cm³/mol. The summed E-state index contributed by atoms with van der Waals surface area (Å²) in [5.74, 6) is 0.487. The molecule has 1 rings (SSSR count). The van der Waals surface area contributed by atoms with Gasteiger partial charge in [0.25, 0.3) is 0 Å². The maximum Gasteiger partial charge on any atom is 0.238 e. The van der Waals surface area contributed by atoms with E-state index in [2.05, 4.69) is 17.9 Å². The first-order valence-electron chi connectivity index (χ1n) is 5.43. The van der Waals surface area contributed by atoms with E-state index in [9.17, 15) is 13.2 Å². The van der Waals surface area contributed by atoms with Gasteiger partial charge in [0.05, 0.1) is 4.90 Å². The zero-order valence-electron chi connectivity index (χ0n) is 9.80. The van der Waals surface area contributed by atoms with Crippen LogP contribution in [0, 0.1) is 0 Å². The van der Waals surface area contributed by atoms with Crippen LogP contribution in [0.4, 0.5) is 0 Å². The number of primary sulfonamides is 1. The molecular formula is C11H16N2O3S2. The molecule has 0 atom stereocenters. The number of amides is 1. The minimum Gasteiger partial charge on any atom is -0.356 e.